The van der Waals surface area contributed by atoms with E-state index in [1.54, 1.807) is 0 Å². The second-order valence-corrected chi connectivity index (χ2v) is 38.4. The molecule has 10 heteroatoms. The van der Waals surface area contributed by atoms with Crippen LogP contribution in [0, 0.1) is 34.6 Å². The molecule has 14 aromatic carbocycles. The molecule has 628 valence electrons. The van der Waals surface area contributed by atoms with E-state index in [1.165, 1.54) is 215 Å². The van der Waals surface area contributed by atoms with Crippen LogP contribution in [0.4, 0.5) is 0 Å². The number of rotatable bonds is 4. The molecule has 24 aromatic rings. The van der Waals surface area contributed by atoms with E-state index < -0.39 is 0 Å². The maximum atomic E-state index is 5.00. The lowest BCUT2D eigenvalue weighted by Crippen LogP contribution is -2.44. The molecule has 0 bridgehead atoms. The van der Waals surface area contributed by atoms with E-state index in [0.717, 1.165) is 47.5 Å². The first-order valence-electron chi connectivity index (χ1n) is 46.3. The third kappa shape index (κ3) is 10.8. The Morgan fingerprint density at radius 1 is 0.269 bits per heavy atom. The summed E-state index contributed by atoms with van der Waals surface area (Å²) >= 11 is 0. The zero-order valence-electron chi connectivity index (χ0n) is 75.2. The van der Waals surface area contributed by atoms with Crippen LogP contribution in [-0.4, -0.2) is 46.9 Å². The van der Waals surface area contributed by atoms with Crippen molar-refractivity contribution >= 4 is 137 Å². The molecular formula is C120H98N10. The van der Waals surface area contributed by atoms with Gasteiger partial charge in [0, 0.05) is 143 Å². The van der Waals surface area contributed by atoms with Gasteiger partial charge in [0.1, 0.15) is 28.2 Å². The average Bonchev–Trinajstić information content (AvgIpc) is 1.30. The van der Waals surface area contributed by atoms with Gasteiger partial charge < -0.3 is 0 Å². The molecule has 0 radical (unpaired) electrons. The number of hydrogen-bond acceptors (Lipinski definition) is 5. The lowest BCUT2D eigenvalue weighted by Gasteiger charge is -2.46. The molecule has 0 amide bonds. The summed E-state index contributed by atoms with van der Waals surface area (Å²) in [6.07, 6.45) is 13.5. The summed E-state index contributed by atoms with van der Waals surface area (Å²) < 4.78 is 12.1. The predicted octanol–water partition coefficient (Wildman–Crippen LogP) is 28.8. The number of benzene rings is 14. The Morgan fingerprint density at radius 2 is 0.623 bits per heavy atom. The number of hydrogen-bond donors (Lipinski definition) is 0. The molecule has 130 heavy (non-hydrogen) atoms. The summed E-state index contributed by atoms with van der Waals surface area (Å²) in [7, 11) is 0. The quantitative estimate of drug-likeness (QED) is 0.164. The monoisotopic (exact) mass is 1680 g/mol. The van der Waals surface area contributed by atoms with Crippen LogP contribution in [0.3, 0.4) is 0 Å². The minimum Gasteiger partial charge on any atom is -0.296 e. The van der Waals surface area contributed by atoms with E-state index in [0.29, 0.717) is 11.8 Å². The van der Waals surface area contributed by atoms with E-state index >= 15 is 0 Å². The molecular weight excluding hydrogens is 1580 g/mol. The van der Waals surface area contributed by atoms with Crippen molar-refractivity contribution in [2.24, 2.45) is 0 Å². The minimum absolute atomic E-state index is 0.0179. The molecule has 0 saturated carbocycles. The molecule has 0 saturated heterocycles. The Bertz CT molecular complexity index is 8850. The standard InChI is InChI=1S/2C30H22N2.C22H22N2.C20H18N2.C18H14N2/c1-20-16-17-26-28-27(20)24-14-8-9-15-25(24)29-31-19-23(32(28)29)18-30(26,21-10-4-2-5-11-21)22-12-6-3-7-13-22;1-19-16-17-24-27(20-10-4-2-5-11-20)28(21-12-6-3-7-13-21)25-18-31-30-23-15-9-8-14-22(23)26(19)29(24)32(25)30;1-13-10-11-16-19-18(13)14-8-6-7-9-15(14)20-23-12-17(24(19)20)22(4,5)21(16,2)3;1-11-8-9-14-12(2)13(3)17-10-21-20-16-7-5-4-6-15(16)18(11)19(14)22(17)20;1-11-6-7-12-8-9-13-10-19-18-15-5-3-2-4-14(15)16(11)17(12)20(13)18/h2-17,19H,18H2,1H3;2-18,27-28H,1H3;6-12H,1-5H3;4-10,12-13H,1-3H3;2-7,10H,8-9H2,1H3. The third-order valence-corrected chi connectivity index (χ3v) is 31.4. The molecule has 0 spiro atoms. The topological polar surface area (TPSA) is 86.5 Å². The van der Waals surface area contributed by atoms with Crippen molar-refractivity contribution in [2.75, 3.05) is 0 Å². The van der Waals surface area contributed by atoms with Gasteiger partial charge in [0.25, 0.3) is 0 Å². The van der Waals surface area contributed by atoms with Crippen molar-refractivity contribution in [1.29, 1.82) is 0 Å². The normalized spacial score (nSPS) is 16.8. The maximum Gasteiger partial charge on any atom is 0.145 e. The first kappa shape index (κ1) is 77.5. The zero-order chi connectivity index (χ0) is 87.6. The van der Waals surface area contributed by atoms with Crippen molar-refractivity contribution < 1.29 is 0 Å². The van der Waals surface area contributed by atoms with Gasteiger partial charge >= 0.3 is 0 Å². The largest absolute Gasteiger partial charge is 0.296 e. The van der Waals surface area contributed by atoms with Gasteiger partial charge in [-0.1, -0.05) is 345 Å². The maximum absolute atomic E-state index is 5.00. The Kier molecular flexibility index (Phi) is 17.2. The van der Waals surface area contributed by atoms with Crippen LogP contribution in [0.15, 0.2) is 334 Å². The van der Waals surface area contributed by atoms with Crippen molar-refractivity contribution in [1.82, 2.24) is 46.9 Å². The van der Waals surface area contributed by atoms with Gasteiger partial charge in [-0.25, -0.2) is 24.9 Å². The van der Waals surface area contributed by atoms with Crippen LogP contribution in [0.5, 0.6) is 0 Å². The Morgan fingerprint density at radius 3 is 1.13 bits per heavy atom. The van der Waals surface area contributed by atoms with E-state index in [-0.39, 0.29) is 28.1 Å². The van der Waals surface area contributed by atoms with E-state index in [2.05, 4.69) is 426 Å². The fourth-order valence-electron chi connectivity index (χ4n) is 24.2. The van der Waals surface area contributed by atoms with Gasteiger partial charge in [-0.05, 0) is 158 Å². The average molecular weight is 1680 g/mol. The minimum atomic E-state index is -0.264. The number of imidazole rings is 5. The van der Waals surface area contributed by atoms with Crippen LogP contribution in [-0.2, 0) is 35.5 Å². The molecule has 4 atom stereocenters. The Labute approximate surface area is 754 Å². The highest BCUT2D eigenvalue weighted by atomic mass is 15.1. The number of fused-ring (bicyclic) bond motifs is 15. The molecule has 5 aliphatic heterocycles. The Hall–Kier alpha value is -14.9. The summed E-state index contributed by atoms with van der Waals surface area (Å²) in [6.45, 7) is 25.2. The number of nitrogens with zero attached hydrogens (tertiary/aromatic N) is 10. The molecule has 0 N–H and O–H groups in total. The second kappa shape index (κ2) is 28.8. The van der Waals surface area contributed by atoms with Crippen molar-refractivity contribution in [2.45, 2.75) is 135 Å². The molecule has 15 heterocycles. The number of pyridine rings is 5. The zero-order valence-corrected chi connectivity index (χ0v) is 75.2. The smallest absolute Gasteiger partial charge is 0.145 e. The van der Waals surface area contributed by atoms with Crippen molar-refractivity contribution in [3.05, 3.63) is 441 Å². The van der Waals surface area contributed by atoms with Crippen LogP contribution < -0.4 is 0 Å². The first-order valence-corrected chi connectivity index (χ1v) is 46.3. The first-order chi connectivity index (χ1) is 63.5. The highest BCUT2D eigenvalue weighted by Gasteiger charge is 2.48. The lowest BCUT2D eigenvalue weighted by molar-refractivity contribution is 0.288. The summed E-state index contributed by atoms with van der Waals surface area (Å²) in [6, 6.07) is 110. The summed E-state index contributed by atoms with van der Waals surface area (Å²) in [5.41, 5.74) is 37.5. The van der Waals surface area contributed by atoms with E-state index in [9.17, 15) is 0 Å². The van der Waals surface area contributed by atoms with Gasteiger partial charge in [0.05, 0.1) is 38.7 Å². The van der Waals surface area contributed by atoms with Gasteiger partial charge in [0.15, 0.2) is 0 Å². The fraction of sp³-hybridized carbons (Fsp3) is 0.175. The molecule has 0 fully saturated rings. The van der Waals surface area contributed by atoms with Crippen LogP contribution >= 0.6 is 0 Å². The van der Waals surface area contributed by atoms with Gasteiger partial charge in [-0.2, -0.15) is 0 Å². The summed E-state index contributed by atoms with van der Waals surface area (Å²) in [5.74, 6) is 1.45. The van der Waals surface area contributed by atoms with Gasteiger partial charge in [-0.15, -0.1) is 0 Å². The molecule has 10 aromatic heterocycles. The van der Waals surface area contributed by atoms with Gasteiger partial charge in [-0.3, -0.25) is 22.0 Å². The van der Waals surface area contributed by atoms with Crippen LogP contribution in [0.2, 0.25) is 0 Å². The van der Waals surface area contributed by atoms with Crippen LogP contribution in [0.1, 0.15) is 172 Å². The van der Waals surface area contributed by atoms with Crippen LogP contribution in [0.25, 0.3) is 137 Å². The molecule has 5 aliphatic rings. The Balaban J connectivity index is 0.0000000888. The molecule has 4 unspecified atom stereocenters. The highest BCUT2D eigenvalue weighted by molar-refractivity contribution is 6.19. The number of aryl methyl sites for hydroxylation is 7. The SMILES string of the molecule is Cc1ccc2c3c1c1ccccc1c1ncc(n13)C(C)(C)C2(C)C.Cc1ccc2c3c1c1ccccc1c1ncc(n13)C(C)C2C.Cc1ccc2c3c1c1ccccc1c1ncc(n13)C(c1ccccc1)C2c1ccccc1.Cc1ccc2c3c1c1ccccc1c1ncc(n13)CC2.Cc1ccc2c3c1c1ccccc1c1ncc(n13)CC2(c1ccccc1)c1ccccc1. The third-order valence-electron chi connectivity index (χ3n) is 31.4. The highest BCUT2D eigenvalue weighted by Crippen LogP contribution is 2.56. The van der Waals surface area contributed by atoms with Crippen molar-refractivity contribution in [3.8, 4) is 0 Å². The lowest BCUT2D eigenvalue weighted by atomic mass is 9.60. The van der Waals surface area contributed by atoms with Crippen molar-refractivity contribution in [3.63, 3.8) is 0 Å². The molecule has 29 rings (SSSR count). The molecule has 10 nitrogen and oxygen atoms in total. The second-order valence-electron chi connectivity index (χ2n) is 38.4. The predicted molar refractivity (Wildman–Crippen MR) is 538 cm³/mol. The summed E-state index contributed by atoms with van der Waals surface area (Å²) in [5, 5.41) is 19.6. The number of aromatic nitrogens is 10. The van der Waals surface area contributed by atoms with E-state index in [4.69, 9.17) is 24.9 Å². The fourth-order valence-corrected chi connectivity index (χ4v) is 24.2. The van der Waals surface area contributed by atoms with E-state index in [1.807, 2.05) is 6.20 Å². The molecule has 0 aliphatic carbocycles. The summed E-state index contributed by atoms with van der Waals surface area (Å²) in [4.78, 5) is 24.3. The van der Waals surface area contributed by atoms with Gasteiger partial charge in [0.2, 0.25) is 0 Å².